The molecule has 0 spiro atoms. The van der Waals surface area contributed by atoms with Gasteiger partial charge in [0.15, 0.2) is 11.5 Å². The van der Waals surface area contributed by atoms with Gasteiger partial charge in [0.05, 0.1) is 19.1 Å². The number of nitrogens with zero attached hydrogens (tertiary/aromatic N) is 1. The highest BCUT2D eigenvalue weighted by Crippen LogP contribution is 2.30. The predicted molar refractivity (Wildman–Crippen MR) is 92.8 cm³/mol. The van der Waals surface area contributed by atoms with E-state index in [0.29, 0.717) is 43.4 Å². The van der Waals surface area contributed by atoms with Gasteiger partial charge in [-0.05, 0) is 32.0 Å². The average Bonchev–Trinajstić information content (AvgIpc) is 3.06. The lowest BCUT2D eigenvalue weighted by Gasteiger charge is -2.18. The maximum absolute atomic E-state index is 12.8. The molecule has 2 amide bonds. The second-order valence-electron chi connectivity index (χ2n) is 5.90. The molecule has 7 heteroatoms. The Morgan fingerprint density at radius 1 is 1.20 bits per heavy atom. The van der Waals surface area contributed by atoms with Crippen LogP contribution in [0, 0.1) is 11.8 Å². The van der Waals surface area contributed by atoms with E-state index in [-0.39, 0.29) is 24.3 Å². The topological polar surface area (TPSA) is 88.1 Å². The van der Waals surface area contributed by atoms with Gasteiger partial charge in [0.25, 0.3) is 5.91 Å². The van der Waals surface area contributed by atoms with Crippen molar-refractivity contribution in [1.82, 2.24) is 10.2 Å². The number of rotatable bonds is 7. The third kappa shape index (κ3) is 4.22. The van der Waals surface area contributed by atoms with Gasteiger partial charge in [-0.3, -0.25) is 9.59 Å². The van der Waals surface area contributed by atoms with Crippen molar-refractivity contribution in [3.8, 4) is 11.5 Å². The zero-order valence-corrected chi connectivity index (χ0v) is 14.9. The fraction of sp³-hybridized carbons (Fsp3) is 0.556. The first-order chi connectivity index (χ1) is 12.0. The Balaban J connectivity index is 2.20. The van der Waals surface area contributed by atoms with Gasteiger partial charge in [0.1, 0.15) is 0 Å². The minimum Gasteiger partial charge on any atom is -0.490 e. The molecule has 138 valence electrons. The highest BCUT2D eigenvalue weighted by atomic mass is 16.5. The Bertz CT molecular complexity index is 619. The summed E-state index contributed by atoms with van der Waals surface area (Å²) in [6.07, 6.45) is 0. The molecular weight excluding hydrogens is 324 g/mol. The molecule has 1 heterocycles. The van der Waals surface area contributed by atoms with E-state index in [1.165, 1.54) is 0 Å². The van der Waals surface area contributed by atoms with Gasteiger partial charge in [-0.15, -0.1) is 0 Å². The predicted octanol–water partition coefficient (Wildman–Crippen LogP) is 0.910. The molecule has 1 aliphatic rings. The van der Waals surface area contributed by atoms with Crippen LogP contribution in [0.5, 0.6) is 11.5 Å². The van der Waals surface area contributed by atoms with E-state index in [1.807, 2.05) is 13.8 Å². The second-order valence-corrected chi connectivity index (χ2v) is 5.90. The lowest BCUT2D eigenvalue weighted by atomic mass is 9.96. The summed E-state index contributed by atoms with van der Waals surface area (Å²) >= 11 is 0. The van der Waals surface area contributed by atoms with Gasteiger partial charge in [-0.25, -0.2) is 0 Å². The fourth-order valence-electron chi connectivity index (χ4n) is 3.07. The van der Waals surface area contributed by atoms with Crippen LogP contribution in [0.1, 0.15) is 24.2 Å². The standard InChI is InChI=1S/C18H26N2O5/c1-4-24-15-7-6-12(8-16(15)25-5-2)18(23)20-9-13(11-21)14(10-20)17(22)19-3/h6-8,13-14,21H,4-5,9-11H2,1-3H3,(H,19,22)/t13-,14+/m0/s1. The number of aliphatic hydroxyl groups excluding tert-OH is 1. The number of carbonyl (C=O) groups is 2. The Labute approximate surface area is 147 Å². The average molecular weight is 350 g/mol. The zero-order chi connectivity index (χ0) is 18.4. The monoisotopic (exact) mass is 350 g/mol. The fourth-order valence-corrected chi connectivity index (χ4v) is 3.07. The molecular formula is C18H26N2O5. The van der Waals surface area contributed by atoms with Crippen LogP contribution < -0.4 is 14.8 Å². The van der Waals surface area contributed by atoms with Gasteiger partial charge in [0.2, 0.25) is 5.91 Å². The van der Waals surface area contributed by atoms with E-state index >= 15 is 0 Å². The van der Waals surface area contributed by atoms with Gasteiger partial charge < -0.3 is 24.8 Å². The van der Waals surface area contributed by atoms with Crippen molar-refractivity contribution in [2.45, 2.75) is 13.8 Å². The van der Waals surface area contributed by atoms with Gasteiger partial charge in [-0.2, -0.15) is 0 Å². The number of amides is 2. The number of hydrogen-bond donors (Lipinski definition) is 2. The Hall–Kier alpha value is -2.28. The molecule has 0 saturated carbocycles. The van der Waals surface area contributed by atoms with Crippen LogP contribution >= 0.6 is 0 Å². The number of benzene rings is 1. The van der Waals surface area contributed by atoms with Crippen molar-refractivity contribution >= 4 is 11.8 Å². The summed E-state index contributed by atoms with van der Waals surface area (Å²) < 4.78 is 11.1. The number of ether oxygens (including phenoxy) is 2. The Kier molecular flexibility index (Phi) is 6.64. The first-order valence-corrected chi connectivity index (χ1v) is 8.57. The van der Waals surface area contributed by atoms with E-state index in [0.717, 1.165) is 0 Å². The summed E-state index contributed by atoms with van der Waals surface area (Å²) in [5.74, 6) is 0.130. The molecule has 0 bridgehead atoms. The van der Waals surface area contributed by atoms with Crippen molar-refractivity contribution in [2.75, 3.05) is 40.0 Å². The largest absolute Gasteiger partial charge is 0.490 e. The molecule has 2 rings (SSSR count). The van der Waals surface area contributed by atoms with Crippen LogP contribution in [0.25, 0.3) is 0 Å². The molecule has 0 unspecified atom stereocenters. The normalized spacial score (nSPS) is 19.6. The molecule has 1 saturated heterocycles. The quantitative estimate of drug-likeness (QED) is 0.763. The van der Waals surface area contributed by atoms with E-state index in [9.17, 15) is 14.7 Å². The third-order valence-corrected chi connectivity index (χ3v) is 4.34. The van der Waals surface area contributed by atoms with Gasteiger partial charge in [0, 0.05) is 38.2 Å². The van der Waals surface area contributed by atoms with Crippen molar-refractivity contribution in [2.24, 2.45) is 11.8 Å². The molecule has 2 atom stereocenters. The van der Waals surface area contributed by atoms with E-state index in [2.05, 4.69) is 5.32 Å². The highest BCUT2D eigenvalue weighted by molar-refractivity contribution is 5.95. The SMILES string of the molecule is CCOc1ccc(C(=O)N2C[C@@H](CO)[C@H](C(=O)NC)C2)cc1OCC. The molecule has 1 aromatic rings. The maximum Gasteiger partial charge on any atom is 0.254 e. The molecule has 1 aliphatic heterocycles. The number of hydrogen-bond acceptors (Lipinski definition) is 5. The van der Waals surface area contributed by atoms with Crippen molar-refractivity contribution in [3.05, 3.63) is 23.8 Å². The van der Waals surface area contributed by atoms with Crippen LogP contribution in [-0.4, -0.2) is 61.8 Å². The van der Waals surface area contributed by atoms with E-state index in [1.54, 1.807) is 30.1 Å². The number of aliphatic hydroxyl groups is 1. The van der Waals surface area contributed by atoms with Gasteiger partial charge >= 0.3 is 0 Å². The van der Waals surface area contributed by atoms with Crippen LogP contribution in [0.4, 0.5) is 0 Å². The molecule has 25 heavy (non-hydrogen) atoms. The Morgan fingerprint density at radius 2 is 1.88 bits per heavy atom. The third-order valence-electron chi connectivity index (χ3n) is 4.34. The minimum absolute atomic E-state index is 0.130. The van der Waals surface area contributed by atoms with Gasteiger partial charge in [-0.1, -0.05) is 0 Å². The Morgan fingerprint density at radius 3 is 2.48 bits per heavy atom. The van der Waals surface area contributed by atoms with Crippen molar-refractivity contribution in [1.29, 1.82) is 0 Å². The summed E-state index contributed by atoms with van der Waals surface area (Å²) in [7, 11) is 1.56. The molecule has 1 aromatic carbocycles. The summed E-state index contributed by atoms with van der Waals surface area (Å²) in [4.78, 5) is 26.4. The number of carbonyl (C=O) groups excluding carboxylic acids is 2. The first-order valence-electron chi connectivity index (χ1n) is 8.57. The van der Waals surface area contributed by atoms with E-state index < -0.39 is 5.92 Å². The van der Waals surface area contributed by atoms with Crippen molar-refractivity contribution in [3.63, 3.8) is 0 Å². The first kappa shape index (κ1) is 19.1. The molecule has 0 aromatic heterocycles. The summed E-state index contributed by atoms with van der Waals surface area (Å²) in [5, 5.41) is 12.1. The van der Waals surface area contributed by atoms with Crippen LogP contribution in [0.2, 0.25) is 0 Å². The van der Waals surface area contributed by atoms with Crippen LogP contribution in [0.15, 0.2) is 18.2 Å². The summed E-state index contributed by atoms with van der Waals surface area (Å²) in [5.41, 5.74) is 0.473. The molecule has 0 aliphatic carbocycles. The lowest BCUT2D eigenvalue weighted by Crippen LogP contribution is -2.34. The number of likely N-dealkylation sites (tertiary alicyclic amines) is 1. The lowest BCUT2D eigenvalue weighted by molar-refractivity contribution is -0.125. The second kappa shape index (κ2) is 8.71. The van der Waals surface area contributed by atoms with Crippen molar-refractivity contribution < 1.29 is 24.2 Å². The van der Waals surface area contributed by atoms with Crippen LogP contribution in [-0.2, 0) is 4.79 Å². The van der Waals surface area contributed by atoms with Crippen LogP contribution in [0.3, 0.4) is 0 Å². The summed E-state index contributed by atoms with van der Waals surface area (Å²) in [6.45, 7) is 5.23. The highest BCUT2D eigenvalue weighted by Gasteiger charge is 2.39. The molecule has 2 N–H and O–H groups in total. The molecule has 1 fully saturated rings. The zero-order valence-electron chi connectivity index (χ0n) is 14.9. The maximum atomic E-state index is 12.8. The summed E-state index contributed by atoms with van der Waals surface area (Å²) in [6, 6.07) is 5.08. The smallest absolute Gasteiger partial charge is 0.254 e. The van der Waals surface area contributed by atoms with E-state index in [4.69, 9.17) is 9.47 Å². The minimum atomic E-state index is -0.395. The number of nitrogens with one attached hydrogen (secondary N) is 1. The molecule has 0 radical (unpaired) electrons. The molecule has 7 nitrogen and oxygen atoms in total.